The van der Waals surface area contributed by atoms with Crippen molar-refractivity contribution < 1.29 is 31.6 Å². The van der Waals surface area contributed by atoms with Crippen LogP contribution in [0.4, 0.5) is 9.59 Å². The molecule has 2 radical (unpaired) electrons. The topological polar surface area (TPSA) is 80.3 Å². The Labute approximate surface area is 231 Å². The minimum atomic E-state index is -1.75. The second-order valence-electron chi connectivity index (χ2n) is 9.43. The van der Waals surface area contributed by atoms with Crippen LogP contribution >= 0.6 is 0 Å². The summed E-state index contributed by atoms with van der Waals surface area (Å²) in [4.78, 5) is 25.1. The molecule has 0 atom stereocenters. The van der Waals surface area contributed by atoms with E-state index >= 15 is 0 Å². The first kappa shape index (κ1) is 35.3. The zero-order valence-electron chi connectivity index (χ0n) is 23.7. The van der Waals surface area contributed by atoms with Gasteiger partial charge < -0.3 is 0 Å². The summed E-state index contributed by atoms with van der Waals surface area (Å²) in [7, 11) is 0. The van der Waals surface area contributed by atoms with E-state index in [0.717, 1.165) is 75.1 Å². The van der Waals surface area contributed by atoms with Crippen molar-refractivity contribution >= 4 is 33.9 Å². The molecule has 36 heavy (non-hydrogen) atoms. The van der Waals surface area contributed by atoms with Crippen molar-refractivity contribution in [1.82, 2.24) is 0 Å². The summed E-state index contributed by atoms with van der Waals surface area (Å²) in [5.74, 6) is -1.75. The zero-order valence-corrected chi connectivity index (χ0v) is 26.6. The van der Waals surface area contributed by atoms with Gasteiger partial charge in [0.05, 0.1) is 0 Å². The van der Waals surface area contributed by atoms with Crippen molar-refractivity contribution in [3.05, 3.63) is 0 Å². The van der Waals surface area contributed by atoms with Gasteiger partial charge in [-0.05, 0) is 0 Å². The van der Waals surface area contributed by atoms with Gasteiger partial charge in [0.1, 0.15) is 0 Å². The van der Waals surface area contributed by atoms with E-state index < -0.39 is 39.8 Å². The third-order valence-corrected chi connectivity index (χ3v) is 8.75. The first-order chi connectivity index (χ1) is 17.5. The second kappa shape index (κ2) is 25.9. The van der Waals surface area contributed by atoms with Gasteiger partial charge in [0.15, 0.2) is 0 Å². The Kier molecular flexibility index (Phi) is 25.4. The number of hydrogen-bond acceptors (Lipinski definition) is 7. The van der Waals surface area contributed by atoms with Gasteiger partial charge in [-0.2, -0.15) is 0 Å². The van der Waals surface area contributed by atoms with Crippen LogP contribution in [0.25, 0.3) is 0 Å². The molecule has 0 saturated carbocycles. The molecule has 0 aromatic carbocycles. The third kappa shape index (κ3) is 21.4. The average molecular weight is 621 g/mol. The van der Waals surface area contributed by atoms with Crippen LogP contribution in [0.15, 0.2) is 0 Å². The van der Waals surface area contributed by atoms with Crippen molar-refractivity contribution in [3.63, 3.8) is 0 Å². The van der Waals surface area contributed by atoms with Crippen molar-refractivity contribution in [2.75, 3.05) is 13.2 Å². The number of ether oxygens (including phenoxy) is 4. The molecular weight excluding hydrogens is 567 g/mol. The molecule has 0 rings (SSSR count). The van der Waals surface area contributed by atoms with Gasteiger partial charge in [-0.15, -0.1) is 0 Å². The van der Waals surface area contributed by atoms with Gasteiger partial charge in [0, 0.05) is 0 Å². The molecule has 0 fully saturated rings. The summed E-state index contributed by atoms with van der Waals surface area (Å²) in [5, 5.41) is 0. The van der Waals surface area contributed by atoms with Crippen molar-refractivity contribution in [3.8, 4) is 0 Å². The van der Waals surface area contributed by atoms with Crippen molar-refractivity contribution in [2.45, 2.75) is 154 Å². The van der Waals surface area contributed by atoms with Gasteiger partial charge in [-0.25, -0.2) is 0 Å². The van der Waals surface area contributed by atoms with E-state index in [-0.39, 0.29) is 19.6 Å². The Bertz CT molecular complexity index is 488. The third-order valence-electron chi connectivity index (χ3n) is 5.86. The minimum absolute atomic E-state index is 0.281. The van der Waals surface area contributed by atoms with Crippen molar-refractivity contribution in [2.24, 2.45) is 0 Å². The van der Waals surface area contributed by atoms with Crippen LogP contribution in [0.1, 0.15) is 143 Å². The SMILES string of the molecule is CCCCCCC[CH2][Sn][O]C(CCCCC)(OC(=O)OCCCCCC)OC(=O)OCCCCCC. The molecule has 0 aromatic heterocycles. The number of rotatable bonds is 25. The maximum absolute atomic E-state index is 12.5. The van der Waals surface area contributed by atoms with Crippen LogP contribution in [0.2, 0.25) is 4.44 Å². The molecule has 0 aromatic rings. The summed E-state index contributed by atoms with van der Waals surface area (Å²) < 4.78 is 28.9. The monoisotopic (exact) mass is 622 g/mol. The molecule has 0 saturated heterocycles. The molecule has 0 amide bonds. The fourth-order valence-electron chi connectivity index (χ4n) is 3.63. The van der Waals surface area contributed by atoms with Gasteiger partial charge in [-0.3, -0.25) is 0 Å². The normalized spacial score (nSPS) is 11.3. The molecule has 0 spiro atoms. The summed E-state index contributed by atoms with van der Waals surface area (Å²) in [6.45, 7) is 9.13. The Balaban J connectivity index is 5.02. The summed E-state index contributed by atoms with van der Waals surface area (Å²) >= 11 is -1.39. The quantitative estimate of drug-likeness (QED) is 0.0435. The Morgan fingerprint density at radius 3 is 1.47 bits per heavy atom. The summed E-state index contributed by atoms with van der Waals surface area (Å²) in [5.41, 5.74) is 0. The predicted molar refractivity (Wildman–Crippen MR) is 145 cm³/mol. The summed E-state index contributed by atoms with van der Waals surface area (Å²) in [6.07, 6.45) is 16.4. The molecule has 0 unspecified atom stereocenters. The Morgan fingerprint density at radius 1 is 0.556 bits per heavy atom. The number of carbonyl (C=O) groups excluding carboxylic acids is 2. The molecule has 0 bridgehead atoms. The molecule has 8 heteroatoms. The van der Waals surface area contributed by atoms with Crippen LogP contribution in [-0.4, -0.2) is 53.1 Å². The van der Waals surface area contributed by atoms with Gasteiger partial charge in [-0.1, -0.05) is 0 Å². The van der Waals surface area contributed by atoms with E-state index in [0.29, 0.717) is 6.42 Å². The van der Waals surface area contributed by atoms with Gasteiger partial charge in [0.25, 0.3) is 0 Å². The van der Waals surface area contributed by atoms with Crippen LogP contribution in [0, 0.1) is 0 Å². The Morgan fingerprint density at radius 2 is 0.972 bits per heavy atom. The van der Waals surface area contributed by atoms with E-state index in [1.807, 2.05) is 0 Å². The first-order valence-corrected chi connectivity index (χ1v) is 17.8. The molecular formula is C28H54O7Sn. The fraction of sp³-hybridized carbons (Fsp3) is 0.929. The number of carbonyl (C=O) groups is 2. The molecule has 212 valence electrons. The van der Waals surface area contributed by atoms with E-state index in [4.69, 9.17) is 22.0 Å². The van der Waals surface area contributed by atoms with E-state index in [1.54, 1.807) is 0 Å². The van der Waals surface area contributed by atoms with E-state index in [9.17, 15) is 9.59 Å². The molecule has 0 heterocycles. The maximum atomic E-state index is 12.5. The van der Waals surface area contributed by atoms with Crippen LogP contribution in [0.5, 0.6) is 0 Å². The van der Waals surface area contributed by atoms with Gasteiger partial charge in [0.2, 0.25) is 0 Å². The second-order valence-corrected chi connectivity index (χ2v) is 12.3. The molecule has 0 N–H and O–H groups in total. The van der Waals surface area contributed by atoms with Gasteiger partial charge >= 0.3 is 232 Å². The Hall–Kier alpha value is -0.701. The van der Waals surface area contributed by atoms with E-state index in [2.05, 4.69) is 27.7 Å². The predicted octanol–water partition coefficient (Wildman–Crippen LogP) is 9.10. The van der Waals surface area contributed by atoms with Crippen molar-refractivity contribution in [1.29, 1.82) is 0 Å². The number of unbranched alkanes of at least 4 members (excludes halogenated alkanes) is 13. The molecule has 0 aliphatic rings. The first-order valence-electron chi connectivity index (χ1n) is 14.7. The van der Waals surface area contributed by atoms with Crippen LogP contribution in [-0.2, 0) is 22.0 Å². The molecule has 7 nitrogen and oxygen atoms in total. The molecule has 0 aliphatic carbocycles. The fourth-order valence-corrected chi connectivity index (χ4v) is 6.20. The van der Waals surface area contributed by atoms with E-state index in [1.165, 1.54) is 32.1 Å². The standard InChI is InChI=1S/C20H37O7.C8H17.Sn/c1-4-7-10-13-16-24-18(21)26-20(23,15-12-9-6-3)27-19(22)25-17-14-11-8-5-2;1-3-5-7-8-6-4-2;/h4-17H2,1-3H3;1,3-8H2,2H3;/q-1;;+1. The molecule has 0 aliphatic heterocycles. The zero-order chi connectivity index (χ0) is 26.7. The number of hydrogen-bond donors (Lipinski definition) is 0. The van der Waals surface area contributed by atoms with Crippen LogP contribution in [0.3, 0.4) is 0 Å². The average Bonchev–Trinajstić information content (AvgIpc) is 2.85. The van der Waals surface area contributed by atoms with Crippen LogP contribution < -0.4 is 0 Å². The summed E-state index contributed by atoms with van der Waals surface area (Å²) in [6, 6.07) is 0.